The maximum Gasteiger partial charge on any atom is 0.277 e. The second-order valence-electron chi connectivity index (χ2n) is 5.53. The van der Waals surface area contributed by atoms with Gasteiger partial charge in [0.15, 0.2) is 5.13 Å². The molecule has 24 heavy (non-hydrogen) atoms. The molecule has 2 aromatic rings. The van der Waals surface area contributed by atoms with E-state index in [0.717, 1.165) is 0 Å². The Labute approximate surface area is 142 Å². The fourth-order valence-corrected chi connectivity index (χ4v) is 3.26. The van der Waals surface area contributed by atoms with E-state index in [9.17, 15) is 14.4 Å². The number of nitrogens with zero attached hydrogens (tertiary/aromatic N) is 2. The zero-order valence-electron chi connectivity index (χ0n) is 13.2. The van der Waals surface area contributed by atoms with Crippen molar-refractivity contribution >= 4 is 39.9 Å². The number of thiazole rings is 1. The van der Waals surface area contributed by atoms with Gasteiger partial charge in [-0.25, -0.2) is 4.98 Å². The Morgan fingerprint density at radius 2 is 2.12 bits per heavy atom. The molecule has 0 aliphatic carbocycles. The summed E-state index contributed by atoms with van der Waals surface area (Å²) in [6.45, 7) is 3.56. The summed E-state index contributed by atoms with van der Waals surface area (Å²) in [4.78, 5) is 41.9. The highest BCUT2D eigenvalue weighted by Gasteiger charge is 2.29. The predicted octanol–water partition coefficient (Wildman–Crippen LogP) is 1.88. The van der Waals surface area contributed by atoms with Gasteiger partial charge in [-0.15, -0.1) is 11.3 Å². The highest BCUT2D eigenvalue weighted by atomic mass is 32.1. The van der Waals surface area contributed by atoms with Crippen molar-refractivity contribution in [1.82, 2.24) is 10.3 Å². The molecule has 7 nitrogen and oxygen atoms in total. The molecule has 0 bridgehead atoms. The van der Waals surface area contributed by atoms with Crippen LogP contribution in [0.2, 0.25) is 0 Å². The van der Waals surface area contributed by atoms with Crippen molar-refractivity contribution in [3.8, 4) is 0 Å². The molecule has 1 unspecified atom stereocenters. The molecule has 124 valence electrons. The summed E-state index contributed by atoms with van der Waals surface area (Å²) >= 11 is 1.18. The monoisotopic (exact) mass is 344 g/mol. The van der Waals surface area contributed by atoms with Gasteiger partial charge in [-0.1, -0.05) is 12.1 Å². The van der Waals surface area contributed by atoms with Gasteiger partial charge in [-0.05, 0) is 19.1 Å². The molecule has 0 saturated carbocycles. The minimum atomic E-state index is -0.307. The molecule has 0 spiro atoms. The second kappa shape index (κ2) is 6.40. The smallest absolute Gasteiger partial charge is 0.277 e. The van der Waals surface area contributed by atoms with Crippen molar-refractivity contribution in [2.45, 2.75) is 19.9 Å². The number of carbonyl (C=O) groups is 3. The average molecular weight is 344 g/mol. The number of aromatic nitrogens is 1. The van der Waals surface area contributed by atoms with Crippen LogP contribution in [0.5, 0.6) is 0 Å². The Bertz CT molecular complexity index is 817. The molecule has 1 aromatic carbocycles. The lowest BCUT2D eigenvalue weighted by atomic mass is 10.1. The average Bonchev–Trinajstić information content (AvgIpc) is 2.94. The van der Waals surface area contributed by atoms with Crippen LogP contribution in [0.3, 0.4) is 0 Å². The summed E-state index contributed by atoms with van der Waals surface area (Å²) < 4.78 is 0. The van der Waals surface area contributed by atoms with Crippen LogP contribution in [0.4, 0.5) is 10.8 Å². The summed E-state index contributed by atoms with van der Waals surface area (Å²) in [7, 11) is 0. The molecule has 0 saturated heterocycles. The molecule has 2 N–H and O–H groups in total. The molecule has 3 rings (SSSR count). The maximum absolute atomic E-state index is 12.9. The van der Waals surface area contributed by atoms with Gasteiger partial charge in [0.2, 0.25) is 5.91 Å². The molecule has 8 heteroatoms. The molecule has 1 atom stereocenters. The van der Waals surface area contributed by atoms with Gasteiger partial charge in [-0.2, -0.15) is 0 Å². The summed E-state index contributed by atoms with van der Waals surface area (Å²) in [5.74, 6) is -0.754. The lowest BCUT2D eigenvalue weighted by Gasteiger charge is -2.23. The Morgan fingerprint density at radius 1 is 1.38 bits per heavy atom. The third-order valence-electron chi connectivity index (χ3n) is 3.52. The van der Waals surface area contributed by atoms with Crippen molar-refractivity contribution < 1.29 is 14.4 Å². The van der Waals surface area contributed by atoms with Crippen LogP contribution in [0.15, 0.2) is 29.6 Å². The van der Waals surface area contributed by atoms with Gasteiger partial charge in [0.1, 0.15) is 5.69 Å². The molecular weight excluding hydrogens is 328 g/mol. The minimum Gasteiger partial charge on any atom is -0.348 e. The van der Waals surface area contributed by atoms with E-state index < -0.39 is 0 Å². The number of benzene rings is 1. The number of hydrogen-bond acceptors (Lipinski definition) is 5. The molecule has 1 aliphatic heterocycles. The summed E-state index contributed by atoms with van der Waals surface area (Å²) in [6, 6.07) is 6.78. The first-order valence-electron chi connectivity index (χ1n) is 7.40. The van der Waals surface area contributed by atoms with E-state index in [2.05, 4.69) is 15.6 Å². The van der Waals surface area contributed by atoms with Crippen LogP contribution < -0.4 is 15.5 Å². The second-order valence-corrected chi connectivity index (χ2v) is 6.38. The third kappa shape index (κ3) is 3.13. The number of para-hydroxylation sites is 1. The molecule has 1 aliphatic rings. The number of carbonyl (C=O) groups excluding carboxylic acids is 3. The van der Waals surface area contributed by atoms with Crippen molar-refractivity contribution in [3.05, 3.63) is 40.9 Å². The number of amides is 3. The van der Waals surface area contributed by atoms with E-state index in [1.807, 2.05) is 6.92 Å². The molecule has 0 fully saturated rings. The zero-order chi connectivity index (χ0) is 17.3. The van der Waals surface area contributed by atoms with Crippen LogP contribution in [-0.2, 0) is 4.79 Å². The van der Waals surface area contributed by atoms with E-state index >= 15 is 0 Å². The fourth-order valence-electron chi connectivity index (χ4n) is 2.53. The third-order valence-corrected chi connectivity index (χ3v) is 4.28. The zero-order valence-corrected chi connectivity index (χ0v) is 14.0. The molecular formula is C16H16N4O3S. The van der Waals surface area contributed by atoms with Crippen molar-refractivity contribution in [1.29, 1.82) is 0 Å². The van der Waals surface area contributed by atoms with Crippen molar-refractivity contribution in [2.75, 3.05) is 16.8 Å². The standard InChI is InChI=1S/C16H16N4O3S/c1-9-7-20(13-6-4-3-5-11(13)14(22)17-9)15(23)12-8-24-16(19-12)18-10(2)21/h3-6,8-9H,7H2,1-2H3,(H,17,22)(H,18,19,21). The quantitative estimate of drug-likeness (QED) is 0.870. The van der Waals surface area contributed by atoms with Gasteiger partial charge in [0.25, 0.3) is 11.8 Å². The first-order chi connectivity index (χ1) is 11.5. The lowest BCUT2D eigenvalue weighted by Crippen LogP contribution is -2.41. The van der Waals surface area contributed by atoms with E-state index in [-0.39, 0.29) is 29.5 Å². The van der Waals surface area contributed by atoms with E-state index in [1.54, 1.807) is 34.5 Å². The first-order valence-corrected chi connectivity index (χ1v) is 8.28. The number of anilines is 2. The Kier molecular flexibility index (Phi) is 4.30. The maximum atomic E-state index is 12.9. The van der Waals surface area contributed by atoms with Crippen LogP contribution in [0, 0.1) is 0 Å². The van der Waals surface area contributed by atoms with Gasteiger partial charge in [0, 0.05) is 24.9 Å². The van der Waals surface area contributed by atoms with Gasteiger partial charge in [0.05, 0.1) is 11.3 Å². The first kappa shape index (κ1) is 16.1. The van der Waals surface area contributed by atoms with Crippen molar-refractivity contribution in [2.24, 2.45) is 0 Å². The SMILES string of the molecule is CC(=O)Nc1nc(C(=O)N2CC(C)NC(=O)c3ccccc32)cs1. The predicted molar refractivity (Wildman–Crippen MR) is 91.5 cm³/mol. The molecule has 2 heterocycles. The number of rotatable bonds is 2. The Balaban J connectivity index is 1.96. The van der Waals surface area contributed by atoms with Crippen molar-refractivity contribution in [3.63, 3.8) is 0 Å². The highest BCUT2D eigenvalue weighted by molar-refractivity contribution is 7.14. The van der Waals surface area contributed by atoms with E-state index in [1.165, 1.54) is 18.3 Å². The largest absolute Gasteiger partial charge is 0.348 e. The van der Waals surface area contributed by atoms with E-state index in [0.29, 0.717) is 22.9 Å². The number of fused-ring (bicyclic) bond motifs is 1. The van der Waals surface area contributed by atoms with E-state index in [4.69, 9.17) is 0 Å². The topological polar surface area (TPSA) is 91.4 Å². The summed E-state index contributed by atoms with van der Waals surface area (Å²) in [5.41, 5.74) is 1.24. The van der Waals surface area contributed by atoms with Crippen LogP contribution >= 0.6 is 11.3 Å². The summed E-state index contributed by atoms with van der Waals surface area (Å²) in [6.07, 6.45) is 0. The normalized spacial score (nSPS) is 16.8. The van der Waals surface area contributed by atoms with Crippen LogP contribution in [0.1, 0.15) is 34.7 Å². The molecule has 0 radical (unpaired) electrons. The van der Waals surface area contributed by atoms with Gasteiger partial charge < -0.3 is 15.5 Å². The Morgan fingerprint density at radius 3 is 2.88 bits per heavy atom. The molecule has 1 aromatic heterocycles. The van der Waals surface area contributed by atoms with Gasteiger partial charge in [-0.3, -0.25) is 14.4 Å². The Hall–Kier alpha value is -2.74. The molecule has 3 amide bonds. The highest BCUT2D eigenvalue weighted by Crippen LogP contribution is 2.26. The van der Waals surface area contributed by atoms with Crippen LogP contribution in [0.25, 0.3) is 0 Å². The fraction of sp³-hybridized carbons (Fsp3) is 0.250. The minimum absolute atomic E-state index is 0.192. The van der Waals surface area contributed by atoms with Gasteiger partial charge >= 0.3 is 0 Å². The lowest BCUT2D eigenvalue weighted by molar-refractivity contribution is -0.114. The number of nitrogens with one attached hydrogen (secondary N) is 2. The summed E-state index contributed by atoms with van der Waals surface area (Å²) in [5, 5.41) is 7.39. The van der Waals surface area contributed by atoms with Crippen LogP contribution in [-0.4, -0.2) is 35.3 Å². The number of hydrogen-bond donors (Lipinski definition) is 2.